The summed E-state index contributed by atoms with van der Waals surface area (Å²) in [5.74, 6) is -0.00314. The molecule has 1 amide bonds. The number of aromatic nitrogens is 4. The number of phenolic OH excluding ortho intramolecular Hbond substituents is 1. The predicted octanol–water partition coefficient (Wildman–Crippen LogP) is 8.17. The van der Waals surface area contributed by atoms with E-state index in [1.54, 1.807) is 29.7 Å². The van der Waals surface area contributed by atoms with Gasteiger partial charge in [0.05, 0.1) is 52.9 Å². The van der Waals surface area contributed by atoms with Gasteiger partial charge < -0.3 is 40.6 Å². The first-order chi connectivity index (χ1) is 37.5. The first-order valence-electron chi connectivity index (χ1n) is 27.6. The van der Waals surface area contributed by atoms with E-state index in [9.17, 15) is 19.8 Å². The number of ether oxygens (including phenoxy) is 1. The van der Waals surface area contributed by atoms with Gasteiger partial charge in [0.25, 0.3) is 0 Å². The van der Waals surface area contributed by atoms with Crippen molar-refractivity contribution >= 4 is 50.5 Å². The number of ketones is 1. The molecule has 3 aromatic heterocycles. The van der Waals surface area contributed by atoms with Gasteiger partial charge in [-0.2, -0.15) is 9.97 Å². The van der Waals surface area contributed by atoms with Crippen LogP contribution in [0.25, 0.3) is 43.4 Å². The third-order valence-corrected chi connectivity index (χ3v) is 17.7. The number of phenols is 1. The molecule has 6 unspecified atom stereocenters. The molecule has 412 valence electrons. The summed E-state index contributed by atoms with van der Waals surface area (Å²) in [6, 6.07) is 17.6. The van der Waals surface area contributed by atoms with Crippen LogP contribution in [0.2, 0.25) is 0 Å². The number of hydrogen-bond donors (Lipinski definition) is 6. The topological polar surface area (TPSA) is 208 Å². The van der Waals surface area contributed by atoms with Gasteiger partial charge in [0, 0.05) is 67.8 Å². The van der Waals surface area contributed by atoms with Gasteiger partial charge in [0.1, 0.15) is 28.5 Å². The molecule has 0 aliphatic carbocycles. The molecule has 11 rings (SSSR count). The summed E-state index contributed by atoms with van der Waals surface area (Å²) in [6.45, 7) is 14.8. The van der Waals surface area contributed by atoms with Crippen LogP contribution in [0.4, 0.5) is 10.2 Å². The number of benzene rings is 3. The van der Waals surface area contributed by atoms with Gasteiger partial charge in [0.15, 0.2) is 17.1 Å². The zero-order valence-electron chi connectivity index (χ0n) is 45.3. The van der Waals surface area contributed by atoms with Crippen LogP contribution >= 0.6 is 11.3 Å². The molecule has 5 aliphatic heterocycles. The van der Waals surface area contributed by atoms with Crippen molar-refractivity contribution in [3.63, 3.8) is 0 Å². The minimum Gasteiger partial charge on any atom is -0.508 e. The summed E-state index contributed by atoms with van der Waals surface area (Å²) >= 11 is 1.58. The number of aromatic hydroxyl groups is 1. The number of aliphatic hydroxyl groups excluding tert-OH is 1. The Morgan fingerprint density at radius 1 is 1.06 bits per heavy atom. The van der Waals surface area contributed by atoms with Crippen LogP contribution in [-0.4, -0.2) is 122 Å². The predicted molar refractivity (Wildman–Crippen MR) is 298 cm³/mol. The number of carbonyl (C=O) groups excluding carboxylic acids is 2. The SMILES string of the molecule is CCc1cccc2cc(O)cc(-c3ncc4c(N5CC6CCC(C5)N6)nc(OCCC5CC(C(C)ON6CC=C(C(C)(C)CC(=O)[C@@]7(C(=O)N[C@@H](C)c8ccc(-c9scnc9C)cc8)CC(O)CN7)O6)CCN5)nc4c3F)c12. The zero-order valence-corrected chi connectivity index (χ0v) is 46.1. The summed E-state index contributed by atoms with van der Waals surface area (Å²) in [6.07, 6.45) is 7.67. The van der Waals surface area contributed by atoms with Crippen molar-refractivity contribution in [1.29, 1.82) is 0 Å². The number of piperidine rings is 1. The Hall–Kier alpha value is -6.19. The van der Waals surface area contributed by atoms with Crippen LogP contribution in [0.1, 0.15) is 102 Å². The van der Waals surface area contributed by atoms with E-state index < -0.39 is 34.8 Å². The molecule has 8 heterocycles. The highest BCUT2D eigenvalue weighted by Gasteiger charge is 2.53. The lowest BCUT2D eigenvalue weighted by atomic mass is 9.78. The van der Waals surface area contributed by atoms with E-state index >= 15 is 4.39 Å². The number of Topliss-reactive ketones (excluding diaryl/α,β-unsaturated/α-hetero) is 1. The summed E-state index contributed by atoms with van der Waals surface area (Å²) in [5, 5.41) is 38.6. The van der Waals surface area contributed by atoms with Crippen LogP contribution in [0.15, 0.2) is 78.1 Å². The number of hydrogen-bond acceptors (Lipinski definition) is 17. The van der Waals surface area contributed by atoms with Crippen molar-refractivity contribution in [3.8, 4) is 33.5 Å². The number of carbonyl (C=O) groups is 2. The molecule has 6 N–H and O–H groups in total. The largest absolute Gasteiger partial charge is 0.508 e. The van der Waals surface area contributed by atoms with Crippen LogP contribution in [0.3, 0.4) is 0 Å². The lowest BCUT2D eigenvalue weighted by Gasteiger charge is -2.35. The number of rotatable bonds is 18. The quantitative estimate of drug-likeness (QED) is 0.0449. The molecule has 78 heavy (non-hydrogen) atoms. The van der Waals surface area contributed by atoms with Gasteiger partial charge in [-0.15, -0.1) is 11.3 Å². The number of amides is 1. The minimum atomic E-state index is -1.61. The number of thiazole rings is 1. The molecule has 6 aromatic rings. The second kappa shape index (κ2) is 22.2. The average molecular weight is 1080 g/mol. The number of aryl methyl sites for hydroxylation is 2. The standard InChI is InChI=1S/C59H71FN10O7S/c1-7-36-9-8-10-40-24-44(71)25-46(50(36)40)52-51(60)53-47(29-62-52)55(69-30-42-15-16-43(31-69)66-42)68-57(67-53)75-22-19-41-23-39(17-20-61-41)35(4)76-70-21-18-49(77-70)58(5,6)27-48(73)59(26-45(72)28-64-59)56(74)65-33(2)37-11-13-38(14-12-37)54-34(3)63-32-78-54/h8-14,18,24-25,29,32-33,35,39,41-43,45,61,64,66,71-72H,7,15-17,19-23,26-28,30-31H2,1-6H3,(H,65,74)/t33-,35?,39?,41?,42?,43?,45?,59+/m0/s1. The Morgan fingerprint density at radius 3 is 2.59 bits per heavy atom. The summed E-state index contributed by atoms with van der Waals surface area (Å²) in [5.41, 5.74) is 4.08. The minimum absolute atomic E-state index is 0.0174. The normalized spacial score (nSPS) is 24.3. The highest BCUT2D eigenvalue weighted by atomic mass is 32.1. The van der Waals surface area contributed by atoms with Crippen molar-refractivity contribution in [1.82, 2.24) is 46.4 Å². The first kappa shape index (κ1) is 53.8. The molecule has 4 fully saturated rings. The Morgan fingerprint density at radius 2 is 1.86 bits per heavy atom. The van der Waals surface area contributed by atoms with Crippen molar-refractivity contribution in [2.45, 2.75) is 135 Å². The molecule has 2 bridgehead atoms. The first-order valence-corrected chi connectivity index (χ1v) is 28.5. The summed E-state index contributed by atoms with van der Waals surface area (Å²) in [7, 11) is 0. The second-order valence-electron chi connectivity index (χ2n) is 22.7. The number of hydroxylamine groups is 2. The third-order valence-electron chi connectivity index (χ3n) is 16.7. The maximum absolute atomic E-state index is 17.2. The fourth-order valence-corrected chi connectivity index (χ4v) is 13.2. The van der Waals surface area contributed by atoms with Gasteiger partial charge in [-0.3, -0.25) is 24.7 Å². The van der Waals surface area contributed by atoms with E-state index in [1.807, 2.05) is 88.7 Å². The monoisotopic (exact) mass is 1080 g/mol. The summed E-state index contributed by atoms with van der Waals surface area (Å²) in [4.78, 5) is 63.3. The van der Waals surface area contributed by atoms with E-state index in [2.05, 4.69) is 38.1 Å². The molecule has 3 aromatic carbocycles. The average Bonchev–Trinajstić information content (AvgIpc) is 4.39. The smallest absolute Gasteiger partial charge is 0.319 e. The number of anilines is 1. The van der Waals surface area contributed by atoms with Crippen molar-refractivity contribution in [2.75, 3.05) is 44.2 Å². The molecule has 17 nitrogen and oxygen atoms in total. The van der Waals surface area contributed by atoms with Crippen molar-refractivity contribution in [3.05, 3.63) is 101 Å². The molecular weight excluding hydrogens is 1010 g/mol. The van der Waals surface area contributed by atoms with E-state index in [-0.39, 0.29) is 66.2 Å². The van der Waals surface area contributed by atoms with Gasteiger partial charge in [0.2, 0.25) is 5.91 Å². The number of aliphatic hydroxyl groups is 1. The highest BCUT2D eigenvalue weighted by molar-refractivity contribution is 7.13. The molecule has 4 saturated heterocycles. The highest BCUT2D eigenvalue weighted by Crippen LogP contribution is 2.41. The molecule has 19 heteroatoms. The molecule has 8 atom stereocenters. The van der Waals surface area contributed by atoms with Crippen LogP contribution in [0.5, 0.6) is 11.8 Å². The maximum Gasteiger partial charge on any atom is 0.319 e. The Bertz CT molecular complexity index is 3240. The fourth-order valence-electron chi connectivity index (χ4n) is 12.4. The number of pyridine rings is 1. The number of allylic oxidation sites excluding steroid dienone is 1. The van der Waals surface area contributed by atoms with Crippen molar-refractivity contribution < 1.29 is 38.6 Å². The van der Waals surface area contributed by atoms with Gasteiger partial charge in [-0.05, 0) is 123 Å². The number of nitrogens with zero attached hydrogens (tertiary/aromatic N) is 6. The summed E-state index contributed by atoms with van der Waals surface area (Å²) < 4.78 is 23.6. The third kappa shape index (κ3) is 10.8. The Balaban J connectivity index is 0.713. The fraction of sp³-hybridized carbons (Fsp3) is 0.492. The van der Waals surface area contributed by atoms with E-state index in [1.165, 1.54) is 5.23 Å². The molecule has 0 spiro atoms. The number of fused-ring (bicyclic) bond motifs is 4. The van der Waals surface area contributed by atoms with E-state index in [4.69, 9.17) is 29.4 Å². The molecule has 5 aliphatic rings. The molecular formula is C59H71FN10O7S. The molecule has 0 radical (unpaired) electrons. The van der Waals surface area contributed by atoms with Crippen LogP contribution in [0, 0.1) is 24.1 Å². The van der Waals surface area contributed by atoms with Gasteiger partial charge in [-0.25, -0.2) is 9.37 Å². The lowest BCUT2D eigenvalue weighted by molar-refractivity contribution is -0.361. The number of β-amino-alcohol motifs (C(OH)–C–C–N with tert-alkyl or cyclic N) is 1. The number of piperazine rings is 1. The van der Waals surface area contributed by atoms with Gasteiger partial charge in [-0.1, -0.05) is 63.2 Å². The maximum atomic E-state index is 17.2. The van der Waals surface area contributed by atoms with Crippen LogP contribution < -0.4 is 30.9 Å². The molecule has 0 saturated carbocycles. The van der Waals surface area contributed by atoms with E-state index in [0.717, 1.165) is 89.8 Å². The van der Waals surface area contributed by atoms with Gasteiger partial charge >= 0.3 is 6.01 Å². The number of halogens is 1. The Kier molecular flexibility index (Phi) is 15.3. The second-order valence-corrected chi connectivity index (χ2v) is 23.5. The number of nitrogens with one attached hydrogen (secondary N) is 4. The Labute approximate surface area is 458 Å². The zero-order chi connectivity index (χ0) is 54.5. The van der Waals surface area contributed by atoms with Crippen LogP contribution in [-0.2, 0) is 25.7 Å². The van der Waals surface area contributed by atoms with E-state index in [0.29, 0.717) is 54.2 Å². The lowest BCUT2D eigenvalue weighted by Crippen LogP contribution is -2.60. The van der Waals surface area contributed by atoms with Crippen molar-refractivity contribution in [2.24, 2.45) is 11.3 Å².